The standard InChI is InChI=1S/C25H19N3O7/c29-23-21(26-25(32)27(23)14-16-7-11-20(12-8-16)28(33)34)13-19-3-1-2-4-22(19)35-15-17-5-9-18(10-6-17)24(30)31/h1-13H,14-15H2,(H,26,32)(H,30,31)/b21-13-. The number of amides is 3. The van der Waals surface area contributed by atoms with Crippen molar-refractivity contribution in [3.05, 3.63) is 111 Å². The second-order valence-electron chi connectivity index (χ2n) is 7.63. The summed E-state index contributed by atoms with van der Waals surface area (Å²) < 4.78 is 5.86. The number of hydrogen-bond donors (Lipinski definition) is 2. The quantitative estimate of drug-likeness (QED) is 0.218. The number of urea groups is 1. The Labute approximate surface area is 199 Å². The van der Waals surface area contributed by atoms with Crippen LogP contribution in [0.1, 0.15) is 27.0 Å². The van der Waals surface area contributed by atoms with Gasteiger partial charge in [0, 0.05) is 17.7 Å². The number of carbonyl (C=O) groups is 3. The van der Waals surface area contributed by atoms with Crippen LogP contribution in [0.25, 0.3) is 6.08 Å². The molecule has 10 heteroatoms. The summed E-state index contributed by atoms with van der Waals surface area (Å²) in [6, 6.07) is 18.3. The summed E-state index contributed by atoms with van der Waals surface area (Å²) in [4.78, 5) is 47.6. The minimum atomic E-state index is -1.01. The van der Waals surface area contributed by atoms with E-state index in [0.717, 1.165) is 10.5 Å². The average molecular weight is 473 g/mol. The molecule has 3 aromatic rings. The van der Waals surface area contributed by atoms with Crippen molar-refractivity contribution in [2.45, 2.75) is 13.2 Å². The Hall–Kier alpha value is -4.99. The van der Waals surface area contributed by atoms with E-state index < -0.39 is 22.8 Å². The first-order valence-electron chi connectivity index (χ1n) is 10.4. The first-order chi connectivity index (χ1) is 16.8. The minimum absolute atomic E-state index is 0.0372. The van der Waals surface area contributed by atoms with Gasteiger partial charge in [0.15, 0.2) is 0 Å². The van der Waals surface area contributed by atoms with Crippen LogP contribution < -0.4 is 10.1 Å². The Morgan fingerprint density at radius 3 is 2.31 bits per heavy atom. The molecule has 4 rings (SSSR count). The van der Waals surface area contributed by atoms with Crippen LogP contribution in [0.5, 0.6) is 5.75 Å². The number of carbonyl (C=O) groups excluding carboxylic acids is 2. The third kappa shape index (κ3) is 5.33. The van der Waals surface area contributed by atoms with Gasteiger partial charge in [0.2, 0.25) is 0 Å². The molecule has 1 heterocycles. The van der Waals surface area contributed by atoms with E-state index in [0.29, 0.717) is 16.9 Å². The van der Waals surface area contributed by atoms with Crippen molar-refractivity contribution < 1.29 is 29.2 Å². The first kappa shape index (κ1) is 23.2. The van der Waals surface area contributed by atoms with Crippen molar-refractivity contribution in [2.24, 2.45) is 0 Å². The Kier molecular flexibility index (Phi) is 6.54. The summed E-state index contributed by atoms with van der Waals surface area (Å²) in [7, 11) is 0. The molecule has 2 N–H and O–H groups in total. The number of ether oxygens (including phenoxy) is 1. The summed E-state index contributed by atoms with van der Waals surface area (Å²) in [6.07, 6.45) is 1.51. The number of imide groups is 1. The van der Waals surface area contributed by atoms with E-state index >= 15 is 0 Å². The zero-order valence-electron chi connectivity index (χ0n) is 18.2. The molecule has 0 aliphatic carbocycles. The van der Waals surface area contributed by atoms with Crippen molar-refractivity contribution in [3.63, 3.8) is 0 Å². The Morgan fingerprint density at radius 2 is 1.66 bits per heavy atom. The molecule has 1 aliphatic heterocycles. The van der Waals surface area contributed by atoms with Crippen LogP contribution in [0.2, 0.25) is 0 Å². The van der Waals surface area contributed by atoms with Gasteiger partial charge in [-0.15, -0.1) is 0 Å². The molecule has 0 radical (unpaired) electrons. The zero-order chi connectivity index (χ0) is 24.9. The first-order valence-corrected chi connectivity index (χ1v) is 10.4. The van der Waals surface area contributed by atoms with E-state index in [4.69, 9.17) is 9.84 Å². The molecule has 1 fully saturated rings. The molecular formula is C25H19N3O7. The monoisotopic (exact) mass is 473 g/mol. The number of rotatable bonds is 8. The fourth-order valence-electron chi connectivity index (χ4n) is 3.41. The van der Waals surface area contributed by atoms with Crippen LogP contribution in [0.15, 0.2) is 78.5 Å². The van der Waals surface area contributed by atoms with Gasteiger partial charge in [0.25, 0.3) is 11.6 Å². The van der Waals surface area contributed by atoms with Crippen LogP contribution in [0.4, 0.5) is 10.5 Å². The summed E-state index contributed by atoms with van der Waals surface area (Å²) in [5.41, 5.74) is 2.05. The molecule has 0 saturated carbocycles. The lowest BCUT2D eigenvalue weighted by Crippen LogP contribution is -2.30. The third-order valence-electron chi connectivity index (χ3n) is 5.26. The molecular weight excluding hydrogens is 454 g/mol. The Balaban J connectivity index is 1.47. The van der Waals surface area contributed by atoms with E-state index in [1.807, 2.05) is 0 Å². The van der Waals surface area contributed by atoms with Gasteiger partial charge < -0.3 is 15.2 Å². The van der Waals surface area contributed by atoms with E-state index in [2.05, 4.69) is 5.32 Å². The molecule has 1 aliphatic rings. The molecule has 0 bridgehead atoms. The van der Waals surface area contributed by atoms with E-state index in [1.54, 1.807) is 36.4 Å². The number of carboxylic acid groups (broad SMARTS) is 1. The maximum absolute atomic E-state index is 12.9. The van der Waals surface area contributed by atoms with Crippen molar-refractivity contribution in [1.29, 1.82) is 0 Å². The second-order valence-corrected chi connectivity index (χ2v) is 7.63. The number of para-hydroxylation sites is 1. The van der Waals surface area contributed by atoms with Crippen molar-refractivity contribution >= 4 is 29.7 Å². The maximum atomic E-state index is 12.9. The van der Waals surface area contributed by atoms with Gasteiger partial charge in [-0.05, 0) is 35.4 Å². The lowest BCUT2D eigenvalue weighted by atomic mass is 10.1. The number of non-ortho nitro benzene ring substituents is 1. The van der Waals surface area contributed by atoms with Crippen LogP contribution in [0.3, 0.4) is 0 Å². The average Bonchev–Trinajstić information content (AvgIpc) is 3.11. The molecule has 0 aromatic heterocycles. The van der Waals surface area contributed by atoms with Crippen LogP contribution in [0, 0.1) is 10.1 Å². The molecule has 176 valence electrons. The predicted octanol–water partition coefficient (Wildman–Crippen LogP) is 3.96. The summed E-state index contributed by atoms with van der Waals surface area (Å²) >= 11 is 0. The van der Waals surface area contributed by atoms with Gasteiger partial charge in [0.05, 0.1) is 17.0 Å². The zero-order valence-corrected chi connectivity index (χ0v) is 18.2. The van der Waals surface area contributed by atoms with Crippen LogP contribution in [-0.2, 0) is 17.9 Å². The highest BCUT2D eigenvalue weighted by atomic mass is 16.6. The normalized spacial score (nSPS) is 14.2. The lowest BCUT2D eigenvalue weighted by molar-refractivity contribution is -0.384. The Morgan fingerprint density at radius 1 is 1.00 bits per heavy atom. The van der Waals surface area contributed by atoms with Crippen molar-refractivity contribution in [3.8, 4) is 5.75 Å². The van der Waals surface area contributed by atoms with Gasteiger partial charge in [-0.3, -0.25) is 19.8 Å². The highest BCUT2D eigenvalue weighted by Gasteiger charge is 2.33. The molecule has 3 amide bonds. The van der Waals surface area contributed by atoms with Gasteiger partial charge in [-0.25, -0.2) is 9.59 Å². The topological polar surface area (TPSA) is 139 Å². The molecule has 3 aromatic carbocycles. The largest absolute Gasteiger partial charge is 0.488 e. The molecule has 0 spiro atoms. The van der Waals surface area contributed by atoms with Gasteiger partial charge >= 0.3 is 12.0 Å². The van der Waals surface area contributed by atoms with E-state index in [-0.39, 0.29) is 30.1 Å². The third-order valence-corrected chi connectivity index (χ3v) is 5.26. The SMILES string of the molecule is O=C(O)c1ccc(COc2ccccc2/C=C2\NC(=O)N(Cc3ccc([N+](=O)[O-])cc3)C2=O)cc1. The highest BCUT2D eigenvalue weighted by molar-refractivity contribution is 6.14. The maximum Gasteiger partial charge on any atom is 0.335 e. The van der Waals surface area contributed by atoms with Gasteiger partial charge in [-0.1, -0.05) is 42.5 Å². The Bertz CT molecular complexity index is 1330. The summed E-state index contributed by atoms with van der Waals surface area (Å²) in [6.45, 7) is 0.136. The van der Waals surface area contributed by atoms with Crippen molar-refractivity contribution in [2.75, 3.05) is 0 Å². The number of nitro benzene ring substituents is 1. The highest BCUT2D eigenvalue weighted by Crippen LogP contribution is 2.25. The number of hydrogen-bond acceptors (Lipinski definition) is 6. The predicted molar refractivity (Wildman–Crippen MR) is 124 cm³/mol. The number of aromatic carboxylic acids is 1. The number of nitrogens with zero attached hydrogens (tertiary/aromatic N) is 2. The van der Waals surface area contributed by atoms with Gasteiger partial charge in [-0.2, -0.15) is 0 Å². The number of nitro groups is 1. The minimum Gasteiger partial charge on any atom is -0.488 e. The molecule has 0 unspecified atom stereocenters. The second kappa shape index (κ2) is 9.87. The fourth-order valence-corrected chi connectivity index (χ4v) is 3.41. The number of nitrogens with one attached hydrogen (secondary N) is 1. The number of benzene rings is 3. The molecule has 0 atom stereocenters. The molecule has 10 nitrogen and oxygen atoms in total. The van der Waals surface area contributed by atoms with Crippen LogP contribution >= 0.6 is 0 Å². The van der Waals surface area contributed by atoms with Gasteiger partial charge in [0.1, 0.15) is 18.1 Å². The van der Waals surface area contributed by atoms with E-state index in [9.17, 15) is 24.5 Å². The summed E-state index contributed by atoms with van der Waals surface area (Å²) in [5.74, 6) is -1.08. The smallest absolute Gasteiger partial charge is 0.335 e. The summed E-state index contributed by atoms with van der Waals surface area (Å²) in [5, 5.41) is 22.4. The van der Waals surface area contributed by atoms with E-state index in [1.165, 1.54) is 42.5 Å². The number of carboxylic acids is 1. The lowest BCUT2D eigenvalue weighted by Gasteiger charge is -2.12. The fraction of sp³-hybridized carbons (Fsp3) is 0.0800. The van der Waals surface area contributed by atoms with Crippen molar-refractivity contribution in [1.82, 2.24) is 10.2 Å². The molecule has 35 heavy (non-hydrogen) atoms. The molecule has 1 saturated heterocycles. The van der Waals surface area contributed by atoms with Crippen LogP contribution in [-0.4, -0.2) is 32.8 Å².